The molecule has 2 aromatic heterocycles. The Morgan fingerprint density at radius 1 is 1.17 bits per heavy atom. The molecule has 0 bridgehead atoms. The van der Waals surface area contributed by atoms with Crippen molar-refractivity contribution in [1.82, 2.24) is 14.9 Å². The number of aromatic nitrogens is 2. The third-order valence-corrected chi connectivity index (χ3v) is 5.75. The molecule has 1 saturated heterocycles. The van der Waals surface area contributed by atoms with Crippen molar-refractivity contribution in [2.75, 3.05) is 24.5 Å². The molecule has 2 aliphatic heterocycles. The van der Waals surface area contributed by atoms with Gasteiger partial charge in [0, 0.05) is 62.9 Å². The number of anilines is 1. The van der Waals surface area contributed by atoms with E-state index in [9.17, 15) is 9.90 Å². The van der Waals surface area contributed by atoms with Crippen molar-refractivity contribution < 1.29 is 14.6 Å². The first kappa shape index (κ1) is 19.6. The molecular formula is C22H28N4O3. The fourth-order valence-electron chi connectivity index (χ4n) is 4.14. The number of carbonyl (C=O) groups excluding carboxylic acids is 1. The van der Waals surface area contributed by atoms with Crippen LogP contribution in [-0.2, 0) is 11.2 Å². The highest BCUT2D eigenvalue weighted by Gasteiger charge is 2.23. The first-order chi connectivity index (χ1) is 14.0. The zero-order chi connectivity index (χ0) is 20.4. The van der Waals surface area contributed by atoms with Gasteiger partial charge in [-0.2, -0.15) is 0 Å². The molecule has 0 aromatic carbocycles. The van der Waals surface area contributed by atoms with Crippen molar-refractivity contribution in [2.24, 2.45) is 0 Å². The van der Waals surface area contributed by atoms with Gasteiger partial charge in [-0.15, -0.1) is 0 Å². The van der Waals surface area contributed by atoms with Crippen LogP contribution in [0.1, 0.15) is 38.7 Å². The standard InChI is InChI=1S/C22H28N4O3/c1-15(27)25-8-5-20(6-9-25)29-21-11-19(12-23-14-21)18-10-17-4-3-7-26(16(2)28)22(17)24-13-18/h10-14,16,20,28H,3-9H2,1-2H3. The van der Waals surface area contributed by atoms with Crippen LogP contribution in [0.4, 0.5) is 5.82 Å². The first-order valence-corrected chi connectivity index (χ1v) is 10.3. The summed E-state index contributed by atoms with van der Waals surface area (Å²) in [5.41, 5.74) is 3.12. The summed E-state index contributed by atoms with van der Waals surface area (Å²) >= 11 is 0. The van der Waals surface area contributed by atoms with Crippen LogP contribution < -0.4 is 9.64 Å². The Bertz CT molecular complexity index is 878. The Kier molecular flexibility index (Phi) is 5.67. The van der Waals surface area contributed by atoms with Gasteiger partial charge in [-0.1, -0.05) is 0 Å². The van der Waals surface area contributed by atoms with Crippen LogP contribution in [0.15, 0.2) is 30.7 Å². The summed E-state index contributed by atoms with van der Waals surface area (Å²) in [5, 5.41) is 9.99. The number of likely N-dealkylation sites (tertiary alicyclic amines) is 1. The highest BCUT2D eigenvalue weighted by atomic mass is 16.5. The minimum absolute atomic E-state index is 0.101. The van der Waals surface area contributed by atoms with Crippen molar-refractivity contribution in [3.8, 4) is 16.9 Å². The Balaban J connectivity index is 1.49. The van der Waals surface area contributed by atoms with Crippen LogP contribution in [-0.4, -0.2) is 57.8 Å². The normalized spacial score (nSPS) is 18.3. The van der Waals surface area contributed by atoms with Gasteiger partial charge in [0.15, 0.2) is 0 Å². The molecule has 0 spiro atoms. The van der Waals surface area contributed by atoms with Gasteiger partial charge < -0.3 is 19.6 Å². The van der Waals surface area contributed by atoms with E-state index in [1.165, 1.54) is 0 Å². The summed E-state index contributed by atoms with van der Waals surface area (Å²) in [4.78, 5) is 24.3. The monoisotopic (exact) mass is 396 g/mol. The highest BCUT2D eigenvalue weighted by molar-refractivity contribution is 5.73. The van der Waals surface area contributed by atoms with E-state index in [0.717, 1.165) is 73.6 Å². The summed E-state index contributed by atoms with van der Waals surface area (Å²) in [6.45, 7) is 5.69. The quantitative estimate of drug-likeness (QED) is 0.856. The Morgan fingerprint density at radius 2 is 1.93 bits per heavy atom. The van der Waals surface area contributed by atoms with Crippen molar-refractivity contribution in [2.45, 2.75) is 51.9 Å². The van der Waals surface area contributed by atoms with E-state index >= 15 is 0 Å². The number of aliphatic hydroxyl groups is 1. The number of aliphatic hydroxyl groups excluding tert-OH is 1. The molecule has 4 rings (SSSR count). The molecule has 1 unspecified atom stereocenters. The molecule has 1 amide bonds. The number of rotatable bonds is 4. The fourth-order valence-corrected chi connectivity index (χ4v) is 4.14. The van der Waals surface area contributed by atoms with Gasteiger partial charge in [-0.05, 0) is 37.5 Å². The number of nitrogens with zero attached hydrogens (tertiary/aromatic N) is 4. The van der Waals surface area contributed by atoms with E-state index in [-0.39, 0.29) is 12.0 Å². The number of piperidine rings is 1. The second-order valence-electron chi connectivity index (χ2n) is 7.87. The number of fused-ring (bicyclic) bond motifs is 1. The molecule has 1 N–H and O–H groups in total. The molecule has 2 aromatic rings. The molecule has 0 saturated carbocycles. The molecular weight excluding hydrogens is 368 g/mol. The largest absolute Gasteiger partial charge is 0.489 e. The van der Waals surface area contributed by atoms with E-state index in [1.54, 1.807) is 20.0 Å². The lowest BCUT2D eigenvalue weighted by Crippen LogP contribution is -2.40. The van der Waals surface area contributed by atoms with Crippen LogP contribution in [0.2, 0.25) is 0 Å². The zero-order valence-corrected chi connectivity index (χ0v) is 17.0. The molecule has 29 heavy (non-hydrogen) atoms. The second-order valence-corrected chi connectivity index (χ2v) is 7.87. The molecule has 7 heteroatoms. The number of aryl methyl sites for hydroxylation is 1. The van der Waals surface area contributed by atoms with E-state index in [2.05, 4.69) is 16.0 Å². The van der Waals surface area contributed by atoms with Crippen LogP contribution in [0.25, 0.3) is 11.1 Å². The molecule has 7 nitrogen and oxygen atoms in total. The van der Waals surface area contributed by atoms with Gasteiger partial charge in [0.25, 0.3) is 0 Å². The highest BCUT2D eigenvalue weighted by Crippen LogP contribution is 2.31. The number of pyridine rings is 2. The SMILES string of the molecule is CC(=O)N1CCC(Oc2cncc(-c3cnc4c(c3)CCCN4C(C)O)c2)CC1. The Hall–Kier alpha value is -2.67. The van der Waals surface area contributed by atoms with Gasteiger partial charge in [0.2, 0.25) is 5.91 Å². The van der Waals surface area contributed by atoms with Gasteiger partial charge in [-0.3, -0.25) is 9.78 Å². The minimum atomic E-state index is -0.541. The molecule has 1 fully saturated rings. The Labute approximate surface area is 171 Å². The van der Waals surface area contributed by atoms with E-state index in [0.29, 0.717) is 0 Å². The first-order valence-electron chi connectivity index (χ1n) is 10.3. The van der Waals surface area contributed by atoms with Crippen LogP contribution >= 0.6 is 0 Å². The lowest BCUT2D eigenvalue weighted by Gasteiger charge is -2.32. The minimum Gasteiger partial charge on any atom is -0.489 e. The number of hydrogen-bond donors (Lipinski definition) is 1. The summed E-state index contributed by atoms with van der Waals surface area (Å²) < 4.78 is 6.14. The number of ether oxygens (including phenoxy) is 1. The topological polar surface area (TPSA) is 78.8 Å². The zero-order valence-electron chi connectivity index (χ0n) is 17.0. The third kappa shape index (κ3) is 4.34. The van der Waals surface area contributed by atoms with Gasteiger partial charge in [-0.25, -0.2) is 4.98 Å². The second kappa shape index (κ2) is 8.37. The van der Waals surface area contributed by atoms with E-state index in [1.807, 2.05) is 28.3 Å². The van der Waals surface area contributed by atoms with Gasteiger partial charge in [0.05, 0.1) is 6.20 Å². The van der Waals surface area contributed by atoms with Crippen molar-refractivity contribution >= 4 is 11.7 Å². The Morgan fingerprint density at radius 3 is 2.66 bits per heavy atom. The fraction of sp³-hybridized carbons (Fsp3) is 0.500. The number of carbonyl (C=O) groups is 1. The molecule has 4 heterocycles. The van der Waals surface area contributed by atoms with Crippen molar-refractivity contribution in [3.63, 3.8) is 0 Å². The maximum atomic E-state index is 11.5. The van der Waals surface area contributed by atoms with Gasteiger partial charge >= 0.3 is 0 Å². The average Bonchev–Trinajstić information content (AvgIpc) is 2.73. The lowest BCUT2D eigenvalue weighted by molar-refractivity contribution is -0.130. The maximum Gasteiger partial charge on any atom is 0.219 e. The molecule has 2 aliphatic rings. The summed E-state index contributed by atoms with van der Waals surface area (Å²) in [5.74, 6) is 1.74. The third-order valence-electron chi connectivity index (χ3n) is 5.75. The summed E-state index contributed by atoms with van der Waals surface area (Å²) in [6.07, 6.45) is 8.58. The molecule has 0 aliphatic carbocycles. The van der Waals surface area contributed by atoms with Crippen LogP contribution in [0, 0.1) is 0 Å². The van der Waals surface area contributed by atoms with Crippen molar-refractivity contribution in [1.29, 1.82) is 0 Å². The van der Waals surface area contributed by atoms with Crippen molar-refractivity contribution in [3.05, 3.63) is 36.3 Å². The molecule has 1 atom stereocenters. The van der Waals surface area contributed by atoms with Crippen LogP contribution in [0.3, 0.4) is 0 Å². The molecule has 0 radical (unpaired) electrons. The average molecular weight is 396 g/mol. The maximum absolute atomic E-state index is 11.5. The lowest BCUT2D eigenvalue weighted by atomic mass is 10.0. The van der Waals surface area contributed by atoms with E-state index in [4.69, 9.17) is 4.74 Å². The predicted molar refractivity (Wildman–Crippen MR) is 111 cm³/mol. The molecule has 154 valence electrons. The smallest absolute Gasteiger partial charge is 0.219 e. The van der Waals surface area contributed by atoms with E-state index < -0.39 is 6.23 Å². The van der Waals surface area contributed by atoms with Gasteiger partial charge in [0.1, 0.15) is 23.9 Å². The summed E-state index contributed by atoms with van der Waals surface area (Å²) in [6, 6.07) is 4.14. The number of hydrogen-bond acceptors (Lipinski definition) is 6. The summed E-state index contributed by atoms with van der Waals surface area (Å²) in [7, 11) is 0. The predicted octanol–water partition coefficient (Wildman–Crippen LogP) is 2.62. The van der Waals surface area contributed by atoms with Crippen LogP contribution in [0.5, 0.6) is 5.75 Å². The number of amides is 1.